The van der Waals surface area contributed by atoms with Gasteiger partial charge in [-0.1, -0.05) is 249 Å². The van der Waals surface area contributed by atoms with Gasteiger partial charge in [0.15, 0.2) is 0 Å². The summed E-state index contributed by atoms with van der Waals surface area (Å²) in [6.07, 6.45) is 0. The van der Waals surface area contributed by atoms with E-state index in [0.717, 1.165) is 61.6 Å². The molecular formula is C73H50N2. The molecule has 2 nitrogen and oxygen atoms in total. The van der Waals surface area contributed by atoms with E-state index in [0.29, 0.717) is 0 Å². The normalized spacial score (nSPS) is 12.4. The van der Waals surface area contributed by atoms with E-state index >= 15 is 0 Å². The Morgan fingerprint density at radius 3 is 1.41 bits per heavy atom. The average Bonchev–Trinajstić information content (AvgIpc) is 4.08. The maximum Gasteiger partial charge on any atom is 0.0714 e. The van der Waals surface area contributed by atoms with Crippen molar-refractivity contribution in [3.05, 3.63) is 326 Å². The Balaban J connectivity index is 0.953. The molecule has 0 radical (unpaired) electrons. The minimum Gasteiger partial charge on any atom is -0.310 e. The van der Waals surface area contributed by atoms with Crippen LogP contribution in [-0.2, 0) is 5.41 Å². The predicted octanol–water partition coefficient (Wildman–Crippen LogP) is 19.3. The highest BCUT2D eigenvalue weighted by molar-refractivity contribution is 6.11. The molecule has 0 aliphatic heterocycles. The van der Waals surface area contributed by atoms with E-state index in [1.54, 1.807) is 0 Å². The first-order chi connectivity index (χ1) is 37.2. The van der Waals surface area contributed by atoms with Gasteiger partial charge >= 0.3 is 0 Å². The fourth-order valence-electron chi connectivity index (χ4n) is 12.2. The van der Waals surface area contributed by atoms with Crippen molar-refractivity contribution in [2.24, 2.45) is 0 Å². The molecular weight excluding hydrogens is 905 g/mol. The number of hydrogen-bond acceptors (Lipinski definition) is 1. The SMILES string of the molecule is c1ccc(-c2cccc(N(c3cccc(-c4ccccc4)c3)c3ccccc3-c3ccccc3-c3ccc4c5ccccc5n(-c5ccc6c(c5)C(c5ccccc5)(c5ccccc5)c5ccccc5-6)c4c3)c2)cc1. The van der Waals surface area contributed by atoms with Gasteiger partial charge in [0, 0.05) is 33.4 Å². The lowest BCUT2D eigenvalue weighted by atomic mass is 9.67. The molecule has 2 heteroatoms. The van der Waals surface area contributed by atoms with Crippen molar-refractivity contribution in [3.63, 3.8) is 0 Å². The van der Waals surface area contributed by atoms with Crippen LogP contribution in [0, 0.1) is 0 Å². The second-order valence-corrected chi connectivity index (χ2v) is 19.6. The molecule has 1 heterocycles. The molecule has 1 aromatic heterocycles. The Bertz CT molecular complexity index is 4110. The van der Waals surface area contributed by atoms with E-state index in [-0.39, 0.29) is 0 Å². The first-order valence-electron chi connectivity index (χ1n) is 25.9. The lowest BCUT2D eigenvalue weighted by Crippen LogP contribution is -2.28. The molecule has 75 heavy (non-hydrogen) atoms. The molecule has 12 aromatic carbocycles. The van der Waals surface area contributed by atoms with E-state index < -0.39 is 5.41 Å². The zero-order chi connectivity index (χ0) is 49.7. The van der Waals surface area contributed by atoms with Gasteiger partial charge < -0.3 is 9.47 Å². The first-order valence-corrected chi connectivity index (χ1v) is 25.9. The molecule has 352 valence electrons. The molecule has 1 aliphatic rings. The van der Waals surface area contributed by atoms with Crippen LogP contribution in [0.25, 0.3) is 83.1 Å². The van der Waals surface area contributed by atoms with Crippen LogP contribution in [0.1, 0.15) is 22.3 Å². The van der Waals surface area contributed by atoms with Crippen molar-refractivity contribution in [1.82, 2.24) is 4.57 Å². The van der Waals surface area contributed by atoms with Crippen LogP contribution in [0.5, 0.6) is 0 Å². The molecule has 0 fully saturated rings. The summed E-state index contributed by atoms with van der Waals surface area (Å²) in [4.78, 5) is 2.43. The second kappa shape index (κ2) is 18.4. The van der Waals surface area contributed by atoms with Gasteiger partial charge in [0.1, 0.15) is 0 Å². The summed E-state index contributed by atoms with van der Waals surface area (Å²) in [6, 6.07) is 111. The van der Waals surface area contributed by atoms with E-state index in [1.807, 2.05) is 0 Å². The van der Waals surface area contributed by atoms with Crippen molar-refractivity contribution >= 4 is 38.9 Å². The smallest absolute Gasteiger partial charge is 0.0714 e. The molecule has 0 N–H and O–H groups in total. The Hall–Kier alpha value is -9.76. The lowest BCUT2D eigenvalue weighted by Gasteiger charge is -2.34. The maximum atomic E-state index is 2.50. The maximum absolute atomic E-state index is 2.50. The van der Waals surface area contributed by atoms with E-state index in [1.165, 1.54) is 60.8 Å². The molecule has 1 aliphatic carbocycles. The van der Waals surface area contributed by atoms with Crippen LogP contribution in [0.15, 0.2) is 303 Å². The van der Waals surface area contributed by atoms with Gasteiger partial charge in [0.2, 0.25) is 0 Å². The van der Waals surface area contributed by atoms with Crippen molar-refractivity contribution < 1.29 is 0 Å². The summed E-state index contributed by atoms with van der Waals surface area (Å²) in [6.45, 7) is 0. The fraction of sp³-hybridized carbons (Fsp3) is 0.0137. The van der Waals surface area contributed by atoms with Crippen molar-refractivity contribution in [3.8, 4) is 61.3 Å². The van der Waals surface area contributed by atoms with Crippen LogP contribution in [-0.4, -0.2) is 4.57 Å². The summed E-state index contributed by atoms with van der Waals surface area (Å²) in [5, 5.41) is 2.45. The van der Waals surface area contributed by atoms with Crippen LogP contribution < -0.4 is 4.90 Å². The molecule has 0 amide bonds. The van der Waals surface area contributed by atoms with Gasteiger partial charge in [-0.05, 0) is 127 Å². The Labute approximate surface area is 438 Å². The van der Waals surface area contributed by atoms with Gasteiger partial charge in [-0.2, -0.15) is 0 Å². The number of anilines is 3. The number of fused-ring (bicyclic) bond motifs is 6. The predicted molar refractivity (Wildman–Crippen MR) is 315 cm³/mol. The number of benzene rings is 12. The van der Waals surface area contributed by atoms with Crippen molar-refractivity contribution in [2.75, 3.05) is 4.90 Å². The largest absolute Gasteiger partial charge is 0.310 e. The summed E-state index contributed by atoms with van der Waals surface area (Å²) >= 11 is 0. The molecule has 0 bridgehead atoms. The van der Waals surface area contributed by atoms with Crippen LogP contribution in [0.2, 0.25) is 0 Å². The highest BCUT2D eigenvalue weighted by Gasteiger charge is 2.46. The van der Waals surface area contributed by atoms with Crippen molar-refractivity contribution in [1.29, 1.82) is 0 Å². The highest BCUT2D eigenvalue weighted by atomic mass is 15.1. The standard InChI is InChI=1S/C73H50N2/c1-5-23-51(24-6-1)53-27-21-33-58(47-53)74(59-34-22-28-54(48-59)52-25-7-2-8-26-52)70-41-19-16-38-65(70)62-36-14-13-35-61(62)55-43-45-67-66-39-17-20-42-71(66)75(72(67)49-55)60-44-46-64-63-37-15-18-40-68(63)73(69(64)50-60,56-29-9-3-10-30-56)57-31-11-4-12-32-57/h1-50H. The monoisotopic (exact) mass is 954 g/mol. The van der Waals surface area contributed by atoms with Gasteiger partial charge in [-0.3, -0.25) is 0 Å². The molecule has 0 atom stereocenters. The number of hydrogen-bond donors (Lipinski definition) is 0. The summed E-state index contributed by atoms with van der Waals surface area (Å²) in [5.74, 6) is 0. The minimum atomic E-state index is -0.514. The Morgan fingerprint density at radius 2 is 0.760 bits per heavy atom. The third kappa shape index (κ3) is 7.33. The van der Waals surface area contributed by atoms with Gasteiger partial charge in [-0.25, -0.2) is 0 Å². The summed E-state index contributed by atoms with van der Waals surface area (Å²) < 4.78 is 2.50. The number of rotatable bonds is 10. The van der Waals surface area contributed by atoms with Crippen LogP contribution in [0.4, 0.5) is 17.1 Å². The quantitative estimate of drug-likeness (QED) is 0.133. The lowest BCUT2D eigenvalue weighted by molar-refractivity contribution is 0.767. The molecule has 0 saturated carbocycles. The van der Waals surface area contributed by atoms with Crippen LogP contribution in [0.3, 0.4) is 0 Å². The van der Waals surface area contributed by atoms with E-state index in [4.69, 9.17) is 0 Å². The Kier molecular flexibility index (Phi) is 10.8. The topological polar surface area (TPSA) is 8.17 Å². The van der Waals surface area contributed by atoms with Gasteiger partial charge in [-0.15, -0.1) is 0 Å². The first kappa shape index (κ1) is 44.0. The third-order valence-electron chi connectivity index (χ3n) is 15.5. The minimum absolute atomic E-state index is 0.514. The van der Waals surface area contributed by atoms with Crippen LogP contribution >= 0.6 is 0 Å². The fourth-order valence-corrected chi connectivity index (χ4v) is 12.2. The molecule has 14 rings (SSSR count). The second-order valence-electron chi connectivity index (χ2n) is 19.6. The Morgan fingerprint density at radius 1 is 0.267 bits per heavy atom. The molecule has 0 saturated heterocycles. The molecule has 0 spiro atoms. The number of nitrogens with zero attached hydrogens (tertiary/aromatic N) is 2. The average molecular weight is 955 g/mol. The number of para-hydroxylation sites is 2. The number of aromatic nitrogens is 1. The molecule has 0 unspecified atom stereocenters. The summed E-state index contributed by atoms with van der Waals surface area (Å²) in [7, 11) is 0. The zero-order valence-electron chi connectivity index (χ0n) is 41.3. The summed E-state index contributed by atoms with van der Waals surface area (Å²) in [5.41, 5.74) is 23.2. The van der Waals surface area contributed by atoms with Gasteiger partial charge in [0.25, 0.3) is 0 Å². The van der Waals surface area contributed by atoms with E-state index in [2.05, 4.69) is 313 Å². The zero-order valence-corrected chi connectivity index (χ0v) is 41.3. The third-order valence-corrected chi connectivity index (χ3v) is 15.5. The highest BCUT2D eigenvalue weighted by Crippen LogP contribution is 2.57. The van der Waals surface area contributed by atoms with Gasteiger partial charge in [0.05, 0.1) is 22.1 Å². The van der Waals surface area contributed by atoms with E-state index in [9.17, 15) is 0 Å². The van der Waals surface area contributed by atoms with Crippen molar-refractivity contribution in [2.45, 2.75) is 5.41 Å². The molecule has 13 aromatic rings.